The Morgan fingerprint density at radius 1 is 0.880 bits per heavy atom. The third-order valence-electron chi connectivity index (χ3n) is 4.50. The van der Waals surface area contributed by atoms with E-state index in [0.29, 0.717) is 0 Å². The zero-order chi connectivity index (χ0) is 17.6. The lowest BCUT2D eigenvalue weighted by atomic mass is 10.0. The van der Waals surface area contributed by atoms with Crippen LogP contribution in [0.15, 0.2) is 54.6 Å². The van der Waals surface area contributed by atoms with E-state index in [1.54, 1.807) is 11.3 Å². The van der Waals surface area contributed by atoms with Gasteiger partial charge in [-0.05, 0) is 54.8 Å². The maximum Gasteiger partial charge on any atom is 0.126 e. The highest BCUT2D eigenvalue weighted by atomic mass is 35.5. The number of hydrogen-bond acceptors (Lipinski definition) is 3. The van der Waals surface area contributed by atoms with Gasteiger partial charge < -0.3 is 5.73 Å². The van der Waals surface area contributed by atoms with Crippen LogP contribution in [0.2, 0.25) is 5.02 Å². The molecular formula is C21H17ClN2S. The monoisotopic (exact) mass is 364 g/mol. The van der Waals surface area contributed by atoms with E-state index >= 15 is 0 Å². The number of rotatable bonds is 2. The summed E-state index contributed by atoms with van der Waals surface area (Å²) < 4.78 is 0. The Morgan fingerprint density at radius 3 is 2.32 bits per heavy atom. The molecule has 0 radical (unpaired) electrons. The number of halogens is 1. The first kappa shape index (κ1) is 16.1. The van der Waals surface area contributed by atoms with Crippen LogP contribution in [-0.4, -0.2) is 4.98 Å². The van der Waals surface area contributed by atoms with Crippen LogP contribution in [0.1, 0.15) is 11.1 Å². The summed E-state index contributed by atoms with van der Waals surface area (Å²) in [5.41, 5.74) is 12.9. The van der Waals surface area contributed by atoms with Crippen molar-refractivity contribution in [3.63, 3.8) is 0 Å². The molecule has 124 valence electrons. The highest BCUT2D eigenvalue weighted by molar-refractivity contribution is 7.22. The molecule has 0 spiro atoms. The maximum absolute atomic E-state index is 6.42. The van der Waals surface area contributed by atoms with E-state index in [4.69, 9.17) is 22.3 Å². The van der Waals surface area contributed by atoms with Gasteiger partial charge in [-0.3, -0.25) is 0 Å². The summed E-state index contributed by atoms with van der Waals surface area (Å²) in [6.45, 7) is 4.24. The number of nitrogen functional groups attached to an aromatic ring is 1. The van der Waals surface area contributed by atoms with E-state index in [2.05, 4.69) is 38.1 Å². The fourth-order valence-electron chi connectivity index (χ4n) is 2.88. The summed E-state index contributed by atoms with van der Waals surface area (Å²) in [5, 5.41) is 1.73. The largest absolute Gasteiger partial charge is 0.397 e. The van der Waals surface area contributed by atoms with E-state index in [-0.39, 0.29) is 0 Å². The van der Waals surface area contributed by atoms with Gasteiger partial charge in [0.15, 0.2) is 0 Å². The van der Waals surface area contributed by atoms with Crippen molar-refractivity contribution in [2.45, 2.75) is 13.8 Å². The molecule has 0 saturated heterocycles. The number of nitrogens with zero attached hydrogens (tertiary/aromatic N) is 1. The molecular weight excluding hydrogens is 348 g/mol. The number of hydrogen-bond donors (Lipinski definition) is 1. The Kier molecular flexibility index (Phi) is 3.98. The van der Waals surface area contributed by atoms with E-state index in [0.717, 1.165) is 42.6 Å². The first-order valence-electron chi connectivity index (χ1n) is 8.05. The number of aromatic nitrogens is 1. The number of aryl methyl sites for hydroxylation is 2. The minimum absolute atomic E-state index is 0.724. The Labute approximate surface area is 155 Å². The molecule has 0 fully saturated rings. The summed E-state index contributed by atoms with van der Waals surface area (Å²) in [7, 11) is 0. The van der Waals surface area contributed by atoms with Gasteiger partial charge in [0, 0.05) is 16.0 Å². The van der Waals surface area contributed by atoms with Crippen molar-refractivity contribution in [1.29, 1.82) is 0 Å². The SMILES string of the molecule is Cc1ccc(-c2sc3nc(-c4ccc(Cl)cc4)ccc3c2N)cc1C. The average Bonchev–Trinajstić information content (AvgIpc) is 2.94. The van der Waals surface area contributed by atoms with Gasteiger partial charge in [-0.2, -0.15) is 0 Å². The molecule has 25 heavy (non-hydrogen) atoms. The fraction of sp³-hybridized carbons (Fsp3) is 0.0952. The molecule has 0 bridgehead atoms. The van der Waals surface area contributed by atoms with Gasteiger partial charge in [0.2, 0.25) is 0 Å². The lowest BCUT2D eigenvalue weighted by Gasteiger charge is -2.04. The van der Waals surface area contributed by atoms with Gasteiger partial charge in [0.1, 0.15) is 4.83 Å². The van der Waals surface area contributed by atoms with E-state index in [1.165, 1.54) is 11.1 Å². The molecule has 4 rings (SSSR count). The van der Waals surface area contributed by atoms with Gasteiger partial charge in [-0.1, -0.05) is 41.9 Å². The van der Waals surface area contributed by atoms with Crippen molar-refractivity contribution in [3.05, 3.63) is 70.7 Å². The quantitative estimate of drug-likeness (QED) is 0.442. The smallest absolute Gasteiger partial charge is 0.126 e. The van der Waals surface area contributed by atoms with Gasteiger partial charge >= 0.3 is 0 Å². The summed E-state index contributed by atoms with van der Waals surface area (Å²) in [5.74, 6) is 0. The summed E-state index contributed by atoms with van der Waals surface area (Å²) in [6.07, 6.45) is 0. The predicted molar refractivity (Wildman–Crippen MR) is 109 cm³/mol. The van der Waals surface area contributed by atoms with Crippen LogP contribution in [0.5, 0.6) is 0 Å². The number of nitrogens with two attached hydrogens (primary N) is 1. The Hall–Kier alpha value is -2.36. The molecule has 0 aliphatic rings. The first-order valence-corrected chi connectivity index (χ1v) is 9.25. The second-order valence-corrected chi connectivity index (χ2v) is 7.64. The topological polar surface area (TPSA) is 38.9 Å². The lowest BCUT2D eigenvalue weighted by Crippen LogP contribution is -1.88. The van der Waals surface area contributed by atoms with Crippen molar-refractivity contribution >= 4 is 38.8 Å². The minimum Gasteiger partial charge on any atom is -0.397 e. The number of fused-ring (bicyclic) bond motifs is 1. The van der Waals surface area contributed by atoms with Crippen LogP contribution in [0.4, 0.5) is 5.69 Å². The van der Waals surface area contributed by atoms with E-state index in [9.17, 15) is 0 Å². The number of pyridine rings is 1. The van der Waals surface area contributed by atoms with Gasteiger partial charge in [0.25, 0.3) is 0 Å². The molecule has 0 unspecified atom stereocenters. The highest BCUT2D eigenvalue weighted by Gasteiger charge is 2.14. The van der Waals surface area contributed by atoms with Gasteiger partial charge in [-0.15, -0.1) is 11.3 Å². The third kappa shape index (κ3) is 2.90. The van der Waals surface area contributed by atoms with E-state index in [1.807, 2.05) is 30.3 Å². The number of thiophene rings is 1. The third-order valence-corrected chi connectivity index (χ3v) is 5.92. The molecule has 2 aromatic heterocycles. The number of benzene rings is 2. The zero-order valence-corrected chi connectivity index (χ0v) is 15.6. The van der Waals surface area contributed by atoms with Crippen molar-refractivity contribution in [3.8, 4) is 21.7 Å². The van der Waals surface area contributed by atoms with Crippen LogP contribution in [-0.2, 0) is 0 Å². The molecule has 0 aliphatic heterocycles. The molecule has 4 aromatic rings. The van der Waals surface area contributed by atoms with Crippen LogP contribution >= 0.6 is 22.9 Å². The molecule has 2 aromatic carbocycles. The summed E-state index contributed by atoms with van der Waals surface area (Å²) in [6, 6.07) is 18.3. The molecule has 4 heteroatoms. The van der Waals surface area contributed by atoms with Crippen molar-refractivity contribution < 1.29 is 0 Å². The molecule has 2 N–H and O–H groups in total. The normalized spacial score (nSPS) is 11.2. The number of anilines is 1. The van der Waals surface area contributed by atoms with Crippen molar-refractivity contribution in [1.82, 2.24) is 4.98 Å². The molecule has 0 atom stereocenters. The minimum atomic E-state index is 0.724. The zero-order valence-electron chi connectivity index (χ0n) is 14.0. The Morgan fingerprint density at radius 2 is 1.60 bits per heavy atom. The Bertz CT molecular complexity index is 1080. The van der Waals surface area contributed by atoms with Gasteiger partial charge in [0.05, 0.1) is 16.3 Å². The molecule has 0 saturated carbocycles. The highest BCUT2D eigenvalue weighted by Crippen LogP contribution is 2.41. The summed E-state index contributed by atoms with van der Waals surface area (Å²) >= 11 is 7.62. The lowest BCUT2D eigenvalue weighted by molar-refractivity contribution is 1.34. The van der Waals surface area contributed by atoms with Crippen molar-refractivity contribution in [2.24, 2.45) is 0 Å². The molecule has 2 heterocycles. The van der Waals surface area contributed by atoms with Crippen LogP contribution in [0.3, 0.4) is 0 Å². The first-order chi connectivity index (χ1) is 12.0. The Balaban J connectivity index is 1.84. The van der Waals surface area contributed by atoms with E-state index < -0.39 is 0 Å². The summed E-state index contributed by atoms with van der Waals surface area (Å²) in [4.78, 5) is 6.86. The predicted octanol–water partition coefficient (Wildman–Crippen LogP) is 6.48. The maximum atomic E-state index is 6.42. The molecule has 0 aliphatic carbocycles. The van der Waals surface area contributed by atoms with Crippen LogP contribution < -0.4 is 5.73 Å². The standard InChI is InChI=1S/C21H17ClN2S/c1-12-3-4-15(11-13(12)2)20-19(23)17-9-10-18(24-21(17)25-20)14-5-7-16(22)8-6-14/h3-11H,23H2,1-2H3. The average molecular weight is 365 g/mol. The second-order valence-electron chi connectivity index (χ2n) is 6.20. The van der Waals surface area contributed by atoms with Crippen molar-refractivity contribution in [2.75, 3.05) is 5.73 Å². The van der Waals surface area contributed by atoms with Gasteiger partial charge in [-0.25, -0.2) is 4.98 Å². The molecule has 2 nitrogen and oxygen atoms in total. The fourth-order valence-corrected chi connectivity index (χ4v) is 4.09. The van der Waals surface area contributed by atoms with Crippen LogP contribution in [0.25, 0.3) is 31.9 Å². The molecule has 0 amide bonds. The van der Waals surface area contributed by atoms with Crippen LogP contribution in [0, 0.1) is 13.8 Å². The second kappa shape index (κ2) is 6.17.